The van der Waals surface area contributed by atoms with Crippen molar-refractivity contribution in [2.45, 2.75) is 37.3 Å². The number of β-amino-alcohol motifs (C(OH)–C–C–N with tert-alkyl or cyclic N) is 1. The fourth-order valence-corrected chi connectivity index (χ4v) is 9.20. The van der Waals surface area contributed by atoms with Gasteiger partial charge in [-0.15, -0.1) is 0 Å². The number of aromatic nitrogens is 5. The molecule has 3 aliphatic rings. The number of alkyl halides is 2. The van der Waals surface area contributed by atoms with E-state index in [-0.39, 0.29) is 51.8 Å². The van der Waals surface area contributed by atoms with Crippen LogP contribution >= 0.6 is 23.2 Å². The first-order chi connectivity index (χ1) is 27.3. The van der Waals surface area contributed by atoms with E-state index in [9.17, 15) is 28.3 Å². The lowest BCUT2D eigenvalue weighted by atomic mass is 9.98. The topological polar surface area (TPSA) is 151 Å². The third-order valence-electron chi connectivity index (χ3n) is 11.6. The van der Waals surface area contributed by atoms with Gasteiger partial charge in [-0.25, -0.2) is 33.3 Å². The number of nitrogens with one attached hydrogen (secondary N) is 1. The Morgan fingerprint density at radius 1 is 0.982 bits per heavy atom. The number of hydrogen-bond donors (Lipinski definition) is 2. The summed E-state index contributed by atoms with van der Waals surface area (Å²) < 4.78 is 35.7. The number of urea groups is 1. The molecule has 0 saturated carbocycles. The van der Waals surface area contributed by atoms with Crippen molar-refractivity contribution >= 4 is 51.8 Å². The van der Waals surface area contributed by atoms with E-state index in [1.54, 1.807) is 36.3 Å². The van der Waals surface area contributed by atoms with Crippen LogP contribution in [0.2, 0.25) is 10.0 Å². The number of anilines is 2. The second-order valence-electron chi connectivity index (χ2n) is 14.7. The zero-order chi connectivity index (χ0) is 40.5. The van der Waals surface area contributed by atoms with E-state index in [0.717, 1.165) is 46.1 Å². The maximum absolute atomic E-state index is 13.9. The number of methoxy groups -OCH3 is 1. The Hall–Kier alpha value is -5.16. The zero-order valence-corrected chi connectivity index (χ0v) is 33.0. The first kappa shape index (κ1) is 38.7. The number of carbonyl (C=O) groups excluding carboxylic acids is 1. The van der Waals surface area contributed by atoms with Crippen molar-refractivity contribution in [3.63, 3.8) is 0 Å². The molecule has 2 aromatic carbocycles. The first-order valence-electron chi connectivity index (χ1n) is 18.3. The molecule has 2 fully saturated rings. The van der Waals surface area contributed by atoms with Gasteiger partial charge in [-0.1, -0.05) is 53.5 Å². The van der Waals surface area contributed by atoms with E-state index in [1.165, 1.54) is 14.1 Å². The molecular weight excluding hydrogens is 783 g/mol. The van der Waals surface area contributed by atoms with Gasteiger partial charge in [-0.2, -0.15) is 0 Å². The van der Waals surface area contributed by atoms with Crippen LogP contribution in [0.3, 0.4) is 0 Å². The number of aliphatic hydroxyl groups is 1. The average molecular weight is 823 g/mol. The van der Waals surface area contributed by atoms with Crippen molar-refractivity contribution < 1.29 is 23.4 Å². The minimum absolute atomic E-state index is 0.0518. The molecule has 2 unspecified atom stereocenters. The second-order valence-corrected chi connectivity index (χ2v) is 15.4. The lowest BCUT2D eigenvalue weighted by Gasteiger charge is -2.32. The van der Waals surface area contributed by atoms with Crippen LogP contribution in [0.1, 0.15) is 42.3 Å². The van der Waals surface area contributed by atoms with Crippen LogP contribution in [0.15, 0.2) is 52.1 Å². The van der Waals surface area contributed by atoms with Gasteiger partial charge >= 0.3 is 11.7 Å². The number of carbonyl (C=O) groups is 1. The molecule has 0 bridgehead atoms. The summed E-state index contributed by atoms with van der Waals surface area (Å²) in [6.07, 6.45) is -0.612. The number of nitrogens with zero attached hydrogens (tertiary/aromatic N) is 8. The standard InChI is InChI=1S/C39H39Cl2F2N9O5/c1-48-34-28(36(54)49(2)37(48)55)32(46-33(47-34)31(42)43)44-24-10-6-8-22(30(24)41)21-7-5-9-23(29(21)40)25-17-20-11-12-26(27(20)35(45-25)57-4)51-14-13-39(18-51)19-52(15-16-53)38(56)50(39)3/h5-10,17,26,31,53H,11-16,18-19H2,1-4H3,(H,44,46,47). The largest absolute Gasteiger partial charge is 0.481 e. The molecular formula is C39H39Cl2F2N9O5. The van der Waals surface area contributed by atoms with Crippen molar-refractivity contribution in [1.82, 2.24) is 38.8 Å². The summed E-state index contributed by atoms with van der Waals surface area (Å²) in [6.45, 7) is 2.31. The van der Waals surface area contributed by atoms with Gasteiger partial charge in [-0.05, 0) is 37.0 Å². The van der Waals surface area contributed by atoms with Gasteiger partial charge in [0.1, 0.15) is 11.2 Å². The van der Waals surface area contributed by atoms with E-state index in [4.69, 9.17) is 32.9 Å². The van der Waals surface area contributed by atoms with Gasteiger partial charge in [0.2, 0.25) is 5.88 Å². The molecule has 298 valence electrons. The summed E-state index contributed by atoms with van der Waals surface area (Å²) in [5.74, 6) is -0.610. The predicted octanol–water partition coefficient (Wildman–Crippen LogP) is 5.54. The summed E-state index contributed by atoms with van der Waals surface area (Å²) in [7, 11) is 6.05. The Bertz CT molecular complexity index is 2590. The number of likely N-dealkylation sites (N-methyl/N-ethyl adjacent to an activating group) is 1. The van der Waals surface area contributed by atoms with Gasteiger partial charge in [0, 0.05) is 75.6 Å². The van der Waals surface area contributed by atoms with Crippen molar-refractivity contribution in [2.75, 3.05) is 52.3 Å². The minimum atomic E-state index is -3.09. The van der Waals surface area contributed by atoms with Crippen molar-refractivity contribution in [3.8, 4) is 28.3 Å². The van der Waals surface area contributed by atoms with Gasteiger partial charge in [0.25, 0.3) is 12.0 Å². The smallest absolute Gasteiger partial charge is 0.332 e. The molecule has 0 radical (unpaired) electrons. The third-order valence-corrected chi connectivity index (χ3v) is 12.4. The van der Waals surface area contributed by atoms with Crippen molar-refractivity contribution in [1.29, 1.82) is 0 Å². The normalized spacial score (nSPS) is 19.5. The SMILES string of the molecule is COc1nc(-c2cccc(-c3cccc(Nc4nc(C(F)F)nc5c4c(=O)n(C)c(=O)n5C)c3Cl)c2Cl)cc2c1C(N1CCC3(CN(CCO)C(=O)N3C)C1)CC2. The van der Waals surface area contributed by atoms with Crippen LogP contribution in [0.25, 0.3) is 33.4 Å². The number of amides is 2. The summed E-state index contributed by atoms with van der Waals surface area (Å²) in [6, 6.07) is 12.6. The number of likely N-dealkylation sites (tertiary alicyclic amines) is 1. The maximum Gasteiger partial charge on any atom is 0.332 e. The molecule has 14 nitrogen and oxygen atoms in total. The molecule has 1 aliphatic carbocycles. The number of rotatable bonds is 9. The number of fused-ring (bicyclic) bond motifs is 2. The molecule has 2 aliphatic heterocycles. The number of hydrogen-bond acceptors (Lipinski definition) is 10. The molecule has 8 rings (SSSR count). The Labute approximate surface area is 335 Å². The highest BCUT2D eigenvalue weighted by atomic mass is 35.5. The molecule has 3 aromatic heterocycles. The van der Waals surface area contributed by atoms with Crippen LogP contribution in [-0.2, 0) is 20.5 Å². The maximum atomic E-state index is 13.9. The number of halogens is 4. The van der Waals surface area contributed by atoms with Crippen LogP contribution in [0.4, 0.5) is 25.1 Å². The van der Waals surface area contributed by atoms with E-state index in [2.05, 4.69) is 20.2 Å². The van der Waals surface area contributed by atoms with Crippen LogP contribution in [0.5, 0.6) is 5.88 Å². The Kier molecular flexibility index (Phi) is 9.95. The number of aryl methyl sites for hydroxylation is 2. The Morgan fingerprint density at radius 2 is 1.70 bits per heavy atom. The average Bonchev–Trinajstić information content (AvgIpc) is 3.89. The highest BCUT2D eigenvalue weighted by Crippen LogP contribution is 2.48. The monoisotopic (exact) mass is 821 g/mol. The van der Waals surface area contributed by atoms with E-state index < -0.39 is 23.5 Å². The van der Waals surface area contributed by atoms with Gasteiger partial charge in [0.15, 0.2) is 11.5 Å². The van der Waals surface area contributed by atoms with Gasteiger partial charge < -0.3 is 25.0 Å². The fourth-order valence-electron chi connectivity index (χ4n) is 8.60. The van der Waals surface area contributed by atoms with Crippen molar-refractivity contribution in [3.05, 3.63) is 90.3 Å². The molecule has 1 spiro atoms. The minimum Gasteiger partial charge on any atom is -0.481 e. The molecule has 2 amide bonds. The number of aliphatic hydroxyl groups excluding tert-OH is 1. The van der Waals surface area contributed by atoms with Gasteiger partial charge in [-0.3, -0.25) is 18.8 Å². The van der Waals surface area contributed by atoms with E-state index in [0.29, 0.717) is 52.9 Å². The molecule has 2 N–H and O–H groups in total. The van der Waals surface area contributed by atoms with Crippen molar-refractivity contribution in [2.24, 2.45) is 14.1 Å². The van der Waals surface area contributed by atoms with E-state index >= 15 is 0 Å². The quantitative estimate of drug-likeness (QED) is 0.194. The van der Waals surface area contributed by atoms with E-state index in [1.807, 2.05) is 30.1 Å². The second kappa shape index (κ2) is 14.7. The molecule has 2 saturated heterocycles. The Balaban J connectivity index is 1.12. The van der Waals surface area contributed by atoms with Crippen LogP contribution in [0, 0.1) is 0 Å². The summed E-state index contributed by atoms with van der Waals surface area (Å²) >= 11 is 14.2. The molecule has 5 heterocycles. The highest BCUT2D eigenvalue weighted by molar-refractivity contribution is 6.39. The predicted molar refractivity (Wildman–Crippen MR) is 212 cm³/mol. The summed E-state index contributed by atoms with van der Waals surface area (Å²) in [5, 5.41) is 12.8. The summed E-state index contributed by atoms with van der Waals surface area (Å²) in [5.41, 5.74) is 2.59. The third kappa shape index (κ3) is 6.29. The molecule has 5 aromatic rings. The number of benzene rings is 2. The lowest BCUT2D eigenvalue weighted by Crippen LogP contribution is -2.47. The Morgan fingerprint density at radius 3 is 2.42 bits per heavy atom. The molecule has 57 heavy (non-hydrogen) atoms. The fraction of sp³-hybridized carbons (Fsp3) is 0.385. The zero-order valence-electron chi connectivity index (χ0n) is 31.5. The molecule has 18 heteroatoms. The number of pyridine rings is 1. The lowest BCUT2D eigenvalue weighted by molar-refractivity contribution is 0.141. The molecule has 2 atom stereocenters. The van der Waals surface area contributed by atoms with Gasteiger partial charge in [0.05, 0.1) is 40.7 Å². The first-order valence-corrected chi connectivity index (χ1v) is 19.1. The highest BCUT2D eigenvalue weighted by Gasteiger charge is 2.53. The summed E-state index contributed by atoms with van der Waals surface area (Å²) in [4.78, 5) is 57.5. The van der Waals surface area contributed by atoms with Crippen LogP contribution < -0.4 is 21.3 Å². The number of ether oxygens (including phenoxy) is 1. The van der Waals surface area contributed by atoms with Crippen LogP contribution in [-0.4, -0.2) is 102 Å².